The van der Waals surface area contributed by atoms with Crippen molar-refractivity contribution in [3.8, 4) is 0 Å². The minimum atomic E-state index is -0.314. The van der Waals surface area contributed by atoms with Crippen molar-refractivity contribution in [2.24, 2.45) is 16.6 Å². The summed E-state index contributed by atoms with van der Waals surface area (Å²) in [5, 5.41) is 9.22. The number of nitrogens with two attached hydrogens (primary N) is 1. The quantitative estimate of drug-likeness (QED) is 0.758. The molecule has 1 aliphatic heterocycles. The van der Waals surface area contributed by atoms with Gasteiger partial charge in [-0.3, -0.25) is 9.79 Å². The summed E-state index contributed by atoms with van der Waals surface area (Å²) in [5.74, 6) is 0.341. The fraction of sp³-hybridized carbons (Fsp3) is 0.765. The molecule has 1 amide bonds. The molecule has 1 heterocycles. The Bertz CT molecular complexity index is 485. The van der Waals surface area contributed by atoms with E-state index >= 15 is 0 Å². The zero-order valence-electron chi connectivity index (χ0n) is 14.3. The third kappa shape index (κ3) is 4.78. The number of nitrogens with zero attached hydrogens (tertiary/aromatic N) is 2. The molecule has 1 saturated heterocycles. The van der Waals surface area contributed by atoms with Crippen LogP contribution in [0.1, 0.15) is 39.5 Å². The molecule has 0 unspecified atom stereocenters. The molecule has 0 aromatic rings. The Hall–Kier alpha value is -1.40. The molecule has 2 aliphatic rings. The van der Waals surface area contributed by atoms with Crippen LogP contribution in [0.3, 0.4) is 0 Å². The van der Waals surface area contributed by atoms with Gasteiger partial charge in [0.15, 0.2) is 0 Å². The first-order valence-electron chi connectivity index (χ1n) is 8.57. The van der Waals surface area contributed by atoms with Crippen LogP contribution in [0.15, 0.2) is 16.3 Å². The maximum absolute atomic E-state index is 12.7. The van der Waals surface area contributed by atoms with E-state index < -0.39 is 0 Å². The van der Waals surface area contributed by atoms with Crippen molar-refractivity contribution in [1.29, 1.82) is 0 Å². The first kappa shape index (κ1) is 17.9. The average Bonchev–Trinajstić information content (AvgIpc) is 2.59. The SMILES string of the molecule is CC(C)CN=C1CCCCC1=C(N)C(=O)N1CCO[C@@H](CO)C1. The van der Waals surface area contributed by atoms with Gasteiger partial charge in [-0.1, -0.05) is 13.8 Å². The summed E-state index contributed by atoms with van der Waals surface area (Å²) < 4.78 is 5.39. The van der Waals surface area contributed by atoms with Crippen LogP contribution in [0.4, 0.5) is 0 Å². The van der Waals surface area contributed by atoms with Crippen LogP contribution in [0.5, 0.6) is 0 Å². The third-order valence-corrected chi connectivity index (χ3v) is 4.27. The molecule has 6 heteroatoms. The summed E-state index contributed by atoms with van der Waals surface area (Å²) in [5.41, 5.74) is 8.46. The first-order chi connectivity index (χ1) is 11.0. The van der Waals surface area contributed by atoms with E-state index in [0.29, 0.717) is 31.3 Å². The molecule has 0 aromatic carbocycles. The minimum Gasteiger partial charge on any atom is -0.394 e. The molecule has 2 rings (SSSR count). The van der Waals surface area contributed by atoms with Gasteiger partial charge in [-0.25, -0.2) is 0 Å². The number of aliphatic hydroxyl groups is 1. The molecular formula is C17H29N3O3. The van der Waals surface area contributed by atoms with Gasteiger partial charge in [0.05, 0.1) is 19.3 Å². The van der Waals surface area contributed by atoms with E-state index in [2.05, 4.69) is 18.8 Å². The normalized spacial score (nSPS) is 26.7. The minimum absolute atomic E-state index is 0.0820. The van der Waals surface area contributed by atoms with Crippen LogP contribution < -0.4 is 5.73 Å². The summed E-state index contributed by atoms with van der Waals surface area (Å²) in [6, 6.07) is 0. The van der Waals surface area contributed by atoms with Crippen LogP contribution in [-0.4, -0.2) is 60.6 Å². The number of aliphatic hydroxyl groups excluding tert-OH is 1. The van der Waals surface area contributed by atoms with Gasteiger partial charge >= 0.3 is 0 Å². The van der Waals surface area contributed by atoms with Gasteiger partial charge in [0.1, 0.15) is 5.70 Å². The predicted molar refractivity (Wildman–Crippen MR) is 90.2 cm³/mol. The second-order valence-electron chi connectivity index (χ2n) is 6.71. The maximum atomic E-state index is 12.7. The molecule has 6 nitrogen and oxygen atoms in total. The maximum Gasteiger partial charge on any atom is 0.270 e. The van der Waals surface area contributed by atoms with E-state index in [1.54, 1.807) is 4.90 Å². The van der Waals surface area contributed by atoms with E-state index in [9.17, 15) is 9.90 Å². The van der Waals surface area contributed by atoms with Gasteiger partial charge in [0, 0.05) is 30.9 Å². The number of hydrogen-bond acceptors (Lipinski definition) is 5. The van der Waals surface area contributed by atoms with Crippen molar-refractivity contribution in [2.45, 2.75) is 45.6 Å². The van der Waals surface area contributed by atoms with Crippen molar-refractivity contribution in [3.63, 3.8) is 0 Å². The fourth-order valence-electron chi connectivity index (χ4n) is 2.96. The number of carbonyl (C=O) groups is 1. The molecule has 0 bridgehead atoms. The Labute approximate surface area is 138 Å². The van der Waals surface area contributed by atoms with Gasteiger partial charge in [-0.15, -0.1) is 0 Å². The standard InChI is InChI=1S/C17H29N3O3/c1-12(2)9-19-15-6-4-3-5-14(15)16(18)17(22)20-7-8-23-13(10-20)11-21/h12-13,21H,3-11,18H2,1-2H3/t13-/m1/s1. The Kier molecular flexibility index (Phi) is 6.59. The number of ether oxygens (including phenoxy) is 1. The lowest BCUT2D eigenvalue weighted by atomic mass is 9.90. The molecule has 1 saturated carbocycles. The summed E-state index contributed by atoms with van der Waals surface area (Å²) >= 11 is 0. The number of carbonyl (C=O) groups excluding carboxylic acids is 1. The third-order valence-electron chi connectivity index (χ3n) is 4.27. The zero-order chi connectivity index (χ0) is 16.8. The van der Waals surface area contributed by atoms with Crippen LogP contribution in [0, 0.1) is 5.92 Å². The van der Waals surface area contributed by atoms with Crippen LogP contribution in [0.2, 0.25) is 0 Å². The number of aliphatic imine (C=N–C) groups is 1. The van der Waals surface area contributed by atoms with E-state index in [4.69, 9.17) is 10.5 Å². The summed E-state index contributed by atoms with van der Waals surface area (Å²) in [6.45, 7) is 6.30. The highest BCUT2D eigenvalue weighted by Gasteiger charge is 2.28. The van der Waals surface area contributed by atoms with Crippen molar-refractivity contribution in [2.75, 3.05) is 32.8 Å². The molecule has 3 N–H and O–H groups in total. The van der Waals surface area contributed by atoms with E-state index in [0.717, 1.165) is 43.5 Å². The molecule has 1 atom stereocenters. The van der Waals surface area contributed by atoms with Crippen LogP contribution in [-0.2, 0) is 9.53 Å². The monoisotopic (exact) mass is 323 g/mol. The van der Waals surface area contributed by atoms with Crippen LogP contribution >= 0.6 is 0 Å². The van der Waals surface area contributed by atoms with Gasteiger partial charge in [-0.2, -0.15) is 0 Å². The van der Waals surface area contributed by atoms with E-state index in [1.165, 1.54) is 0 Å². The van der Waals surface area contributed by atoms with Crippen LogP contribution in [0.25, 0.3) is 0 Å². The number of allylic oxidation sites excluding steroid dienone is 1. The van der Waals surface area contributed by atoms with Gasteiger partial charge in [-0.05, 0) is 31.6 Å². The number of hydrogen-bond donors (Lipinski definition) is 2. The second-order valence-corrected chi connectivity index (χ2v) is 6.71. The summed E-state index contributed by atoms with van der Waals surface area (Å²) in [4.78, 5) is 19.1. The molecule has 130 valence electrons. The van der Waals surface area contributed by atoms with Gasteiger partial charge in [0.25, 0.3) is 5.91 Å². The zero-order valence-corrected chi connectivity index (χ0v) is 14.3. The van der Waals surface area contributed by atoms with Gasteiger partial charge in [0.2, 0.25) is 0 Å². The van der Waals surface area contributed by atoms with Crippen molar-refractivity contribution >= 4 is 11.6 Å². The highest BCUT2D eigenvalue weighted by atomic mass is 16.5. The summed E-state index contributed by atoms with van der Waals surface area (Å²) in [6.07, 6.45) is 3.56. The lowest BCUT2D eigenvalue weighted by molar-refractivity contribution is -0.136. The highest BCUT2D eigenvalue weighted by Crippen LogP contribution is 2.24. The Morgan fingerprint density at radius 2 is 2.17 bits per heavy atom. The first-order valence-corrected chi connectivity index (χ1v) is 8.57. The van der Waals surface area contributed by atoms with Gasteiger partial charge < -0.3 is 20.5 Å². The average molecular weight is 323 g/mol. The number of morpholine rings is 1. The Balaban J connectivity index is 2.15. The highest BCUT2D eigenvalue weighted by molar-refractivity contribution is 6.08. The Morgan fingerprint density at radius 3 is 2.87 bits per heavy atom. The second kappa shape index (κ2) is 8.45. The molecule has 0 spiro atoms. The molecule has 1 aliphatic carbocycles. The smallest absolute Gasteiger partial charge is 0.270 e. The molecular weight excluding hydrogens is 294 g/mol. The fourth-order valence-corrected chi connectivity index (χ4v) is 2.96. The van der Waals surface area contributed by atoms with Crippen molar-refractivity contribution < 1.29 is 14.6 Å². The lowest BCUT2D eigenvalue weighted by Gasteiger charge is -2.32. The summed E-state index contributed by atoms with van der Waals surface area (Å²) in [7, 11) is 0. The molecule has 0 aromatic heterocycles. The Morgan fingerprint density at radius 1 is 1.43 bits per heavy atom. The predicted octanol–water partition coefficient (Wildman–Crippen LogP) is 1.09. The lowest BCUT2D eigenvalue weighted by Crippen LogP contribution is -2.48. The van der Waals surface area contributed by atoms with E-state index in [1.807, 2.05) is 0 Å². The molecule has 0 radical (unpaired) electrons. The molecule has 23 heavy (non-hydrogen) atoms. The van der Waals surface area contributed by atoms with Crippen molar-refractivity contribution in [3.05, 3.63) is 11.3 Å². The number of rotatable bonds is 4. The largest absolute Gasteiger partial charge is 0.394 e. The van der Waals surface area contributed by atoms with Crippen molar-refractivity contribution in [1.82, 2.24) is 4.90 Å². The topological polar surface area (TPSA) is 88.2 Å². The molecule has 2 fully saturated rings. The number of amides is 1. The van der Waals surface area contributed by atoms with E-state index in [-0.39, 0.29) is 18.6 Å².